The molecule has 0 radical (unpaired) electrons. The Labute approximate surface area is 162 Å². The molecule has 0 bridgehead atoms. The van der Waals surface area contributed by atoms with Crippen LogP contribution in [0, 0.1) is 0 Å². The number of halogens is 3. The number of carbonyl (C=O) groups excluding carboxylic acids is 2. The number of ether oxygens (including phenoxy) is 1. The topological polar surface area (TPSA) is 115 Å². The number of nitrogens with zero attached hydrogens (tertiary/aromatic N) is 2. The van der Waals surface area contributed by atoms with Gasteiger partial charge in [-0.1, -0.05) is 0 Å². The summed E-state index contributed by atoms with van der Waals surface area (Å²) in [5.41, 5.74) is -2.37. The average Bonchev–Trinajstić information content (AvgIpc) is 2.64. The number of benzene rings is 1. The Morgan fingerprint density at radius 3 is 2.41 bits per heavy atom. The number of hydrogen-bond donors (Lipinski definition) is 1. The standard InChI is InChI=1S/C17H12F3N3O5S/c1-28-11-5-8(3-4-10(11)17(18,19)20)23-13-14(24)9-6-21-7-22-12(9)15(25)16(13)29(2,26)27/h3-7,23H,1-2H3. The van der Waals surface area contributed by atoms with Gasteiger partial charge in [-0.25, -0.2) is 18.4 Å². The fourth-order valence-corrected chi connectivity index (χ4v) is 3.70. The van der Waals surface area contributed by atoms with Crippen molar-refractivity contribution in [2.45, 2.75) is 6.18 Å². The van der Waals surface area contributed by atoms with E-state index in [2.05, 4.69) is 15.3 Å². The van der Waals surface area contributed by atoms with E-state index in [1.54, 1.807) is 0 Å². The summed E-state index contributed by atoms with van der Waals surface area (Å²) in [6.07, 6.45) is -1.91. The molecule has 152 valence electrons. The lowest BCUT2D eigenvalue weighted by Gasteiger charge is -2.20. The van der Waals surface area contributed by atoms with Crippen molar-refractivity contribution in [1.82, 2.24) is 9.97 Å². The minimum Gasteiger partial charge on any atom is -0.496 e. The molecule has 1 aromatic heterocycles. The van der Waals surface area contributed by atoms with E-state index in [0.29, 0.717) is 6.07 Å². The van der Waals surface area contributed by atoms with Crippen LogP contribution in [0.4, 0.5) is 18.9 Å². The van der Waals surface area contributed by atoms with Crippen LogP contribution in [0.3, 0.4) is 0 Å². The van der Waals surface area contributed by atoms with Crippen LogP contribution in [0.5, 0.6) is 5.75 Å². The van der Waals surface area contributed by atoms with E-state index in [1.807, 2.05) is 0 Å². The first-order valence-corrected chi connectivity index (χ1v) is 9.70. The Morgan fingerprint density at radius 1 is 1.14 bits per heavy atom. The number of aromatic nitrogens is 2. The molecule has 8 nitrogen and oxygen atoms in total. The molecule has 1 N–H and O–H groups in total. The van der Waals surface area contributed by atoms with Gasteiger partial charge in [0.05, 0.1) is 18.2 Å². The van der Waals surface area contributed by atoms with Gasteiger partial charge in [0, 0.05) is 24.2 Å². The maximum atomic E-state index is 13.0. The van der Waals surface area contributed by atoms with E-state index in [0.717, 1.165) is 38.0 Å². The highest BCUT2D eigenvalue weighted by molar-refractivity contribution is 7.95. The molecule has 2 aromatic rings. The first-order chi connectivity index (χ1) is 13.4. The maximum Gasteiger partial charge on any atom is 0.419 e. The van der Waals surface area contributed by atoms with E-state index < -0.39 is 49.5 Å². The highest BCUT2D eigenvalue weighted by Crippen LogP contribution is 2.38. The van der Waals surface area contributed by atoms with Crippen molar-refractivity contribution in [3.63, 3.8) is 0 Å². The van der Waals surface area contributed by atoms with Crippen LogP contribution in [0.1, 0.15) is 26.4 Å². The number of carbonyl (C=O) groups is 2. The molecule has 0 aliphatic heterocycles. The molecule has 1 aliphatic carbocycles. The molecule has 0 atom stereocenters. The molecule has 0 fully saturated rings. The van der Waals surface area contributed by atoms with Crippen molar-refractivity contribution >= 4 is 27.1 Å². The summed E-state index contributed by atoms with van der Waals surface area (Å²) >= 11 is 0. The Kier molecular flexibility index (Phi) is 4.91. The van der Waals surface area contributed by atoms with Gasteiger partial charge < -0.3 is 10.1 Å². The van der Waals surface area contributed by atoms with Gasteiger partial charge in [-0.05, 0) is 12.1 Å². The molecule has 0 saturated heterocycles. The predicted octanol–water partition coefficient (Wildman–Crippen LogP) is 2.25. The molecule has 0 unspecified atom stereocenters. The van der Waals surface area contributed by atoms with Gasteiger partial charge in [0.25, 0.3) is 0 Å². The molecule has 0 spiro atoms. The summed E-state index contributed by atoms with van der Waals surface area (Å²) in [5, 5.41) is 2.44. The number of sulfone groups is 1. The molecule has 1 aliphatic rings. The van der Waals surface area contributed by atoms with Crippen molar-refractivity contribution in [2.24, 2.45) is 0 Å². The minimum atomic E-state index is -4.69. The Balaban J connectivity index is 2.16. The number of methoxy groups -OCH3 is 1. The Bertz CT molecular complexity index is 1170. The number of alkyl halides is 3. The normalized spacial score (nSPS) is 14.7. The summed E-state index contributed by atoms with van der Waals surface area (Å²) in [5.74, 6) is -2.47. The molecule has 0 amide bonds. The van der Waals surface area contributed by atoms with Crippen LogP contribution < -0.4 is 10.1 Å². The minimum absolute atomic E-state index is 0.0903. The van der Waals surface area contributed by atoms with Gasteiger partial charge >= 0.3 is 6.18 Å². The fourth-order valence-electron chi connectivity index (χ4n) is 2.75. The van der Waals surface area contributed by atoms with Gasteiger partial charge in [0.1, 0.15) is 28.4 Å². The Hall–Kier alpha value is -3.28. The van der Waals surface area contributed by atoms with Gasteiger partial charge in [-0.2, -0.15) is 13.2 Å². The number of ketones is 2. The second-order valence-corrected chi connectivity index (χ2v) is 7.91. The van der Waals surface area contributed by atoms with E-state index in [4.69, 9.17) is 4.74 Å². The van der Waals surface area contributed by atoms with E-state index in [9.17, 15) is 31.2 Å². The van der Waals surface area contributed by atoms with Crippen LogP contribution >= 0.6 is 0 Å². The van der Waals surface area contributed by atoms with Gasteiger partial charge in [-0.3, -0.25) is 9.59 Å². The number of fused-ring (bicyclic) bond motifs is 1. The molecule has 12 heteroatoms. The molecular weight excluding hydrogens is 415 g/mol. The second kappa shape index (κ2) is 6.95. The third-order valence-electron chi connectivity index (χ3n) is 3.98. The highest BCUT2D eigenvalue weighted by atomic mass is 32.2. The summed E-state index contributed by atoms with van der Waals surface area (Å²) in [7, 11) is -3.17. The second-order valence-electron chi connectivity index (χ2n) is 5.96. The Morgan fingerprint density at radius 2 is 1.83 bits per heavy atom. The number of anilines is 1. The van der Waals surface area contributed by atoms with E-state index >= 15 is 0 Å². The molecule has 0 saturated carbocycles. The van der Waals surface area contributed by atoms with E-state index in [-0.39, 0.29) is 16.9 Å². The first kappa shape index (κ1) is 20.5. The van der Waals surface area contributed by atoms with Gasteiger partial charge in [0.15, 0.2) is 9.84 Å². The average molecular weight is 427 g/mol. The van der Waals surface area contributed by atoms with Crippen LogP contribution in [0.25, 0.3) is 0 Å². The summed E-state index contributed by atoms with van der Waals surface area (Å²) < 4.78 is 68.1. The summed E-state index contributed by atoms with van der Waals surface area (Å²) in [6.45, 7) is 0. The summed E-state index contributed by atoms with van der Waals surface area (Å²) in [6, 6.07) is 2.62. The molecule has 3 rings (SSSR count). The third kappa shape index (κ3) is 3.70. The van der Waals surface area contributed by atoms with Crippen LogP contribution in [-0.2, 0) is 16.0 Å². The van der Waals surface area contributed by atoms with Crippen molar-refractivity contribution in [3.8, 4) is 5.75 Å². The van der Waals surface area contributed by atoms with Crippen LogP contribution in [-0.4, -0.2) is 43.3 Å². The smallest absolute Gasteiger partial charge is 0.419 e. The number of allylic oxidation sites excluding steroid dienone is 2. The lowest BCUT2D eigenvalue weighted by molar-refractivity contribution is -0.138. The number of hydrogen-bond acceptors (Lipinski definition) is 8. The number of nitrogens with one attached hydrogen (secondary N) is 1. The molecular formula is C17H12F3N3O5S. The zero-order valence-corrected chi connectivity index (χ0v) is 15.7. The van der Waals surface area contributed by atoms with Crippen molar-refractivity contribution in [1.29, 1.82) is 0 Å². The highest BCUT2D eigenvalue weighted by Gasteiger charge is 2.39. The quantitative estimate of drug-likeness (QED) is 0.790. The summed E-state index contributed by atoms with van der Waals surface area (Å²) in [4.78, 5) is 31.9. The largest absolute Gasteiger partial charge is 0.496 e. The molecule has 1 heterocycles. The van der Waals surface area contributed by atoms with E-state index in [1.165, 1.54) is 0 Å². The third-order valence-corrected chi connectivity index (χ3v) is 5.11. The first-order valence-electron chi connectivity index (χ1n) is 7.81. The fraction of sp³-hybridized carbons (Fsp3) is 0.176. The number of rotatable bonds is 4. The predicted molar refractivity (Wildman–Crippen MR) is 94.2 cm³/mol. The van der Waals surface area contributed by atoms with Crippen LogP contribution in [0.2, 0.25) is 0 Å². The van der Waals surface area contributed by atoms with Gasteiger partial charge in [0.2, 0.25) is 11.6 Å². The SMILES string of the molecule is COc1cc(NC2=C(S(C)(=O)=O)C(=O)c3ncncc3C2=O)ccc1C(F)(F)F. The van der Waals surface area contributed by atoms with Crippen LogP contribution in [0.15, 0.2) is 41.3 Å². The number of Topliss-reactive ketones (excluding diaryl/α,β-unsaturated/α-hetero) is 2. The maximum absolute atomic E-state index is 13.0. The zero-order chi connectivity index (χ0) is 21.6. The monoisotopic (exact) mass is 427 g/mol. The molecule has 1 aromatic carbocycles. The van der Waals surface area contributed by atoms with Crippen molar-refractivity contribution in [3.05, 3.63) is 58.1 Å². The lowest BCUT2D eigenvalue weighted by atomic mass is 9.98. The lowest BCUT2D eigenvalue weighted by Crippen LogP contribution is -2.30. The molecule has 29 heavy (non-hydrogen) atoms. The van der Waals surface area contributed by atoms with Gasteiger partial charge in [-0.15, -0.1) is 0 Å². The van der Waals surface area contributed by atoms with Crippen molar-refractivity contribution in [2.75, 3.05) is 18.7 Å². The zero-order valence-electron chi connectivity index (χ0n) is 14.9. The van der Waals surface area contributed by atoms with Crippen molar-refractivity contribution < 1.29 is 35.9 Å².